The van der Waals surface area contributed by atoms with Crippen LogP contribution < -0.4 is 15.4 Å². The molecule has 15 nitrogen and oxygen atoms in total. The summed E-state index contributed by atoms with van der Waals surface area (Å²) in [5.41, 5.74) is 4.35. The third-order valence-electron chi connectivity index (χ3n) is 13.5. The van der Waals surface area contributed by atoms with E-state index in [2.05, 4.69) is 20.6 Å². The summed E-state index contributed by atoms with van der Waals surface area (Å²) in [4.78, 5) is 65.7. The fourth-order valence-electron chi connectivity index (χ4n) is 9.81. The van der Waals surface area contributed by atoms with Crippen LogP contribution in [-0.4, -0.2) is 135 Å². The number of thiazole rings is 1. The van der Waals surface area contributed by atoms with Crippen LogP contribution in [0.25, 0.3) is 21.3 Å². The summed E-state index contributed by atoms with van der Waals surface area (Å²) in [5, 5.41) is 27.1. The Morgan fingerprint density at radius 3 is 2.36 bits per heavy atom. The number of aryl methyl sites for hydroxylation is 1. The predicted molar refractivity (Wildman–Crippen MR) is 273 cm³/mol. The van der Waals surface area contributed by atoms with Gasteiger partial charge in [-0.2, -0.15) is 0 Å². The molecule has 4 amide bonds. The lowest BCUT2D eigenvalue weighted by atomic mass is 9.85. The average molecular weight is 1030 g/mol. The summed E-state index contributed by atoms with van der Waals surface area (Å²) >= 11 is 1.55. The molecule has 1 fully saturated rings. The number of carbonyl (C=O) groups excluding carboxylic acids is 3. The van der Waals surface area contributed by atoms with Crippen LogP contribution in [-0.2, 0) is 32.1 Å². The lowest BCUT2D eigenvalue weighted by Gasteiger charge is -2.43. The summed E-state index contributed by atoms with van der Waals surface area (Å²) in [6, 6.07) is 14.4. The number of benzene rings is 3. The van der Waals surface area contributed by atoms with E-state index in [0.29, 0.717) is 31.4 Å². The minimum absolute atomic E-state index is 0.0571. The van der Waals surface area contributed by atoms with Gasteiger partial charge in [-0.3, -0.25) is 19.3 Å². The van der Waals surface area contributed by atoms with Crippen LogP contribution in [0.1, 0.15) is 101 Å². The zero-order valence-corrected chi connectivity index (χ0v) is 43.4. The molecule has 0 aliphatic carbocycles. The van der Waals surface area contributed by atoms with Crippen molar-refractivity contribution in [2.75, 3.05) is 46.0 Å². The van der Waals surface area contributed by atoms with Crippen molar-refractivity contribution in [2.24, 2.45) is 5.41 Å². The van der Waals surface area contributed by atoms with Crippen molar-refractivity contribution < 1.29 is 52.0 Å². The fourth-order valence-corrected chi connectivity index (χ4v) is 10.6. The Morgan fingerprint density at radius 1 is 0.986 bits per heavy atom. The van der Waals surface area contributed by atoms with E-state index < -0.39 is 70.8 Å². The Bertz CT molecular complexity index is 2710. The molecule has 1 saturated heterocycles. The van der Waals surface area contributed by atoms with Crippen molar-refractivity contribution in [3.8, 4) is 16.2 Å². The van der Waals surface area contributed by atoms with Gasteiger partial charge in [0.15, 0.2) is 0 Å². The monoisotopic (exact) mass is 1030 g/mol. The van der Waals surface area contributed by atoms with Crippen molar-refractivity contribution in [1.82, 2.24) is 35.3 Å². The van der Waals surface area contributed by atoms with Crippen LogP contribution in [0, 0.1) is 24.0 Å². The second-order valence-corrected chi connectivity index (χ2v) is 21.7. The van der Waals surface area contributed by atoms with Crippen LogP contribution in [0.5, 0.6) is 5.75 Å². The number of fused-ring (bicyclic) bond motifs is 3. The molecule has 0 bridgehead atoms. The Balaban J connectivity index is 0.847. The molecule has 7 rings (SSSR count). The first-order valence-electron chi connectivity index (χ1n) is 24.9. The minimum Gasteiger partial charge on any atom is -0.492 e. The van der Waals surface area contributed by atoms with Gasteiger partial charge < -0.3 is 45.1 Å². The highest BCUT2D eigenvalue weighted by Crippen LogP contribution is 2.44. The highest BCUT2D eigenvalue weighted by atomic mass is 32.1. The fraction of sp³-hybridized carbons (Fsp3) is 0.500. The number of unbranched alkanes of at least 4 members (excludes halogenated alkanes) is 2. The molecule has 5 N–H and O–H groups in total. The number of alkyl halides is 1. The normalized spacial score (nSPS) is 18.6. The second-order valence-electron chi connectivity index (χ2n) is 20.9. The van der Waals surface area contributed by atoms with Crippen molar-refractivity contribution in [2.45, 2.75) is 123 Å². The topological polar surface area (TPSA) is 190 Å². The number of amides is 4. The molecule has 4 heterocycles. The molecule has 0 spiro atoms. The summed E-state index contributed by atoms with van der Waals surface area (Å²) in [7, 11) is 0. The number of rotatable bonds is 21. The van der Waals surface area contributed by atoms with E-state index in [1.54, 1.807) is 42.5 Å². The van der Waals surface area contributed by atoms with Gasteiger partial charge in [-0.15, -0.1) is 11.3 Å². The highest BCUT2D eigenvalue weighted by Gasteiger charge is 2.45. The largest absolute Gasteiger partial charge is 0.492 e. The SMILES string of the molecule is Cc1ncsc1-c1ccc(CNC(=O)[C@@H]2C[C@@H](O)CN2C(=O)C(NC(=O)COCCCCCN(CCOc2cc(F)c([C@@H]3c4[nH]c5ccccc5c4C[C@@H](C)N3CC(C)(C)F)c(F)c2)C(=O)O)C(C)(C)C)cc1. The number of aliphatic hydroxyl groups excluding tert-OH is 1. The molecule has 3 aromatic carbocycles. The molecule has 0 radical (unpaired) electrons. The van der Waals surface area contributed by atoms with Gasteiger partial charge in [-0.25, -0.2) is 22.9 Å². The number of carboxylic acid groups (broad SMARTS) is 1. The van der Waals surface area contributed by atoms with Crippen LogP contribution >= 0.6 is 11.3 Å². The molecule has 1 unspecified atom stereocenters. The lowest BCUT2D eigenvalue weighted by molar-refractivity contribution is -0.144. The van der Waals surface area contributed by atoms with Gasteiger partial charge >= 0.3 is 6.09 Å². The third kappa shape index (κ3) is 13.6. The van der Waals surface area contributed by atoms with Crippen LogP contribution in [0.4, 0.5) is 18.0 Å². The Hall–Kier alpha value is -6.02. The van der Waals surface area contributed by atoms with Crippen molar-refractivity contribution in [1.29, 1.82) is 0 Å². The average Bonchev–Trinajstić information content (AvgIpc) is 4.05. The second kappa shape index (κ2) is 23.5. The van der Waals surface area contributed by atoms with E-state index >= 15 is 13.2 Å². The van der Waals surface area contributed by atoms with Gasteiger partial charge in [0.1, 0.15) is 48.4 Å². The molecule has 5 atom stereocenters. The summed E-state index contributed by atoms with van der Waals surface area (Å²) in [6.45, 7) is 12.0. The van der Waals surface area contributed by atoms with Crippen LogP contribution in [0.15, 0.2) is 66.2 Å². The maximum atomic E-state index is 16.1. The van der Waals surface area contributed by atoms with Gasteiger partial charge in [-0.1, -0.05) is 63.2 Å². The number of ether oxygens (including phenoxy) is 2. The molecule has 2 aliphatic heterocycles. The smallest absolute Gasteiger partial charge is 0.407 e. The number of carbonyl (C=O) groups is 4. The molecule has 2 aromatic heterocycles. The summed E-state index contributed by atoms with van der Waals surface area (Å²) in [6.07, 6.45) is 0.0324. The molecular formula is C54H68F3N7O8S. The first-order valence-corrected chi connectivity index (χ1v) is 25.7. The number of para-hydroxylation sites is 1. The zero-order valence-electron chi connectivity index (χ0n) is 42.6. The van der Waals surface area contributed by atoms with Gasteiger partial charge in [-0.05, 0) is 81.5 Å². The van der Waals surface area contributed by atoms with E-state index in [-0.39, 0.29) is 76.3 Å². The highest BCUT2D eigenvalue weighted by molar-refractivity contribution is 7.13. The number of aromatic nitrogens is 2. The maximum absolute atomic E-state index is 16.1. The Kier molecular flexibility index (Phi) is 17.6. The molecule has 394 valence electrons. The zero-order chi connectivity index (χ0) is 52.8. The van der Waals surface area contributed by atoms with E-state index in [1.165, 1.54) is 18.7 Å². The number of β-amino-alcohol motifs (C(OH)–C–C–N with tert-alkyl or cyclic N) is 1. The Morgan fingerprint density at radius 2 is 1.70 bits per heavy atom. The number of nitrogens with zero attached hydrogens (tertiary/aromatic N) is 4. The third-order valence-corrected chi connectivity index (χ3v) is 14.4. The van der Waals surface area contributed by atoms with Gasteiger partial charge in [0.05, 0.1) is 34.8 Å². The lowest BCUT2D eigenvalue weighted by Crippen LogP contribution is -2.58. The van der Waals surface area contributed by atoms with Gasteiger partial charge in [0.25, 0.3) is 0 Å². The summed E-state index contributed by atoms with van der Waals surface area (Å²) in [5.74, 6) is -3.28. The van der Waals surface area contributed by atoms with Crippen molar-refractivity contribution in [3.63, 3.8) is 0 Å². The molecule has 0 saturated carbocycles. The number of hydrogen-bond acceptors (Lipinski definition) is 10. The molecule has 19 heteroatoms. The quantitative estimate of drug-likeness (QED) is 0.0447. The minimum atomic E-state index is -1.65. The molecular weight excluding hydrogens is 964 g/mol. The first kappa shape index (κ1) is 54.7. The number of halogens is 3. The maximum Gasteiger partial charge on any atom is 0.407 e. The van der Waals surface area contributed by atoms with Crippen LogP contribution in [0.2, 0.25) is 0 Å². The standard InChI is InChI=1S/C54H68F3N7O8S/c1-32-23-39-38-13-9-10-14-42(38)60-46(39)47(64(32)30-54(6,7)57)45-40(55)25-37(26-41(45)56)72-22-20-62(52(69)70)19-11-8-12-21-71-29-44(66)61-49(53(3,4)5)51(68)63-28-36(65)24-43(63)50(67)58-27-34-15-17-35(18-16-34)48-33(2)59-31-73-48/h9-10,13-18,25-26,31-32,36,43,47,49,60,65H,8,11-12,19-24,27-30H2,1-7H3,(H,58,67)(H,61,66)(H,69,70)/t32-,36-,43+,47-,49?/m1/s1. The number of nitrogens with one attached hydrogen (secondary N) is 3. The number of likely N-dealkylation sites (tertiary alicyclic amines) is 1. The molecule has 2 aliphatic rings. The predicted octanol–water partition coefficient (Wildman–Crippen LogP) is 8.32. The number of aromatic amines is 1. The molecule has 73 heavy (non-hydrogen) atoms. The van der Waals surface area contributed by atoms with E-state index in [0.717, 1.165) is 55.2 Å². The first-order chi connectivity index (χ1) is 34.6. The number of H-pyrrole nitrogens is 1. The van der Waals surface area contributed by atoms with Crippen molar-refractivity contribution >= 4 is 46.1 Å². The number of hydrogen-bond donors (Lipinski definition) is 5. The van der Waals surface area contributed by atoms with Gasteiger partial charge in [0, 0.05) is 79.5 Å². The van der Waals surface area contributed by atoms with Gasteiger partial charge in [0.2, 0.25) is 17.7 Å². The van der Waals surface area contributed by atoms with E-state index in [4.69, 9.17) is 9.47 Å². The van der Waals surface area contributed by atoms with E-state index in [9.17, 15) is 29.4 Å². The Labute approximate surface area is 428 Å². The van der Waals surface area contributed by atoms with E-state index in [1.807, 2.05) is 62.4 Å². The summed E-state index contributed by atoms with van der Waals surface area (Å²) < 4.78 is 58.8. The number of aliphatic hydroxyl groups is 1. The van der Waals surface area contributed by atoms with Crippen molar-refractivity contribution in [3.05, 3.63) is 106 Å². The van der Waals surface area contributed by atoms with Crippen LogP contribution in [0.3, 0.4) is 0 Å². The molecule has 5 aromatic rings.